The number of piperidine rings is 1. The number of benzene rings is 1. The van der Waals surface area contributed by atoms with E-state index in [1.165, 1.54) is 11.1 Å². The molecule has 0 atom stereocenters. The van der Waals surface area contributed by atoms with Crippen LogP contribution in [0.3, 0.4) is 0 Å². The maximum atomic E-state index is 5.58. The number of aryl methyl sites for hydroxylation is 1. The first-order valence-corrected chi connectivity index (χ1v) is 8.95. The number of nitrogens with one attached hydrogen (secondary N) is 1. The quantitative estimate of drug-likeness (QED) is 0.726. The molecule has 1 aliphatic rings. The van der Waals surface area contributed by atoms with Crippen molar-refractivity contribution in [1.82, 2.24) is 19.4 Å². The van der Waals surface area contributed by atoms with Crippen LogP contribution in [-0.2, 0) is 6.54 Å². The van der Waals surface area contributed by atoms with Gasteiger partial charge in [-0.25, -0.2) is 4.98 Å². The third kappa shape index (κ3) is 2.89. The predicted molar refractivity (Wildman–Crippen MR) is 99.6 cm³/mol. The second-order valence-electron chi connectivity index (χ2n) is 6.62. The maximum Gasteiger partial charge on any atom is 0.179 e. The second kappa shape index (κ2) is 6.49. The van der Waals surface area contributed by atoms with Gasteiger partial charge in [-0.2, -0.15) is 0 Å². The highest BCUT2D eigenvalue weighted by atomic mass is 32.1. The van der Waals surface area contributed by atoms with E-state index in [9.17, 15) is 0 Å². The lowest BCUT2D eigenvalue weighted by molar-refractivity contribution is 0.180. The largest absolute Gasteiger partial charge is 0.329 e. The van der Waals surface area contributed by atoms with E-state index in [1.54, 1.807) is 0 Å². The molecule has 0 bridgehead atoms. The average Bonchev–Trinajstić information content (AvgIpc) is 2.94. The van der Waals surface area contributed by atoms with E-state index in [0.717, 1.165) is 48.4 Å². The topological polar surface area (TPSA) is 36.9 Å². The highest BCUT2D eigenvalue weighted by Gasteiger charge is 2.23. The van der Waals surface area contributed by atoms with Gasteiger partial charge in [0.25, 0.3) is 0 Å². The van der Waals surface area contributed by atoms with Crippen LogP contribution in [0.1, 0.15) is 30.0 Å². The third-order valence-corrected chi connectivity index (χ3v) is 5.29. The molecule has 4 rings (SSSR count). The van der Waals surface area contributed by atoms with E-state index in [4.69, 9.17) is 12.2 Å². The van der Waals surface area contributed by atoms with Crippen LogP contribution in [0, 0.1) is 11.7 Å². The first-order chi connectivity index (χ1) is 11.7. The minimum Gasteiger partial charge on any atom is -0.329 e. The smallest absolute Gasteiger partial charge is 0.179 e. The van der Waals surface area contributed by atoms with Crippen molar-refractivity contribution in [2.45, 2.75) is 32.4 Å². The van der Waals surface area contributed by atoms with E-state index in [-0.39, 0.29) is 0 Å². The highest BCUT2D eigenvalue weighted by molar-refractivity contribution is 7.71. The second-order valence-corrected chi connectivity index (χ2v) is 7.01. The van der Waals surface area contributed by atoms with Gasteiger partial charge in [0.2, 0.25) is 0 Å². The summed E-state index contributed by atoms with van der Waals surface area (Å²) in [6.07, 6.45) is 4.11. The molecule has 0 saturated carbocycles. The van der Waals surface area contributed by atoms with Gasteiger partial charge in [0.05, 0.1) is 5.52 Å². The summed E-state index contributed by atoms with van der Waals surface area (Å²) in [6, 6.07) is 13.2. The monoisotopic (exact) mass is 338 g/mol. The van der Waals surface area contributed by atoms with Crippen molar-refractivity contribution < 1.29 is 0 Å². The van der Waals surface area contributed by atoms with Gasteiger partial charge in [-0.05, 0) is 49.2 Å². The van der Waals surface area contributed by atoms with Crippen LogP contribution >= 0.6 is 12.2 Å². The molecule has 124 valence electrons. The molecule has 2 aromatic heterocycles. The summed E-state index contributed by atoms with van der Waals surface area (Å²) in [5.74, 6) is 0. The minimum atomic E-state index is 0.438. The Kier molecular flexibility index (Phi) is 4.21. The molecule has 0 amide bonds. The minimum absolute atomic E-state index is 0.438. The Balaban J connectivity index is 1.51. The molecule has 1 aromatic carbocycles. The molecule has 5 heteroatoms. The van der Waals surface area contributed by atoms with E-state index in [1.807, 2.05) is 12.3 Å². The fourth-order valence-corrected chi connectivity index (χ4v) is 4.00. The normalized spacial score (nSPS) is 16.7. The van der Waals surface area contributed by atoms with Gasteiger partial charge in [-0.15, -0.1) is 0 Å². The van der Waals surface area contributed by atoms with Crippen LogP contribution < -0.4 is 0 Å². The van der Waals surface area contributed by atoms with Crippen molar-refractivity contribution in [3.63, 3.8) is 0 Å². The molecule has 0 unspecified atom stereocenters. The van der Waals surface area contributed by atoms with Crippen LogP contribution in [0.5, 0.6) is 0 Å². The van der Waals surface area contributed by atoms with Crippen molar-refractivity contribution in [3.05, 3.63) is 58.5 Å². The van der Waals surface area contributed by atoms with Gasteiger partial charge >= 0.3 is 0 Å². The zero-order valence-corrected chi connectivity index (χ0v) is 14.7. The summed E-state index contributed by atoms with van der Waals surface area (Å²) < 4.78 is 3.03. The number of pyridine rings is 1. The van der Waals surface area contributed by atoms with Crippen LogP contribution in [-0.4, -0.2) is 32.5 Å². The first kappa shape index (κ1) is 15.5. The zero-order valence-electron chi connectivity index (χ0n) is 13.9. The number of hydrogen-bond donors (Lipinski definition) is 1. The van der Waals surface area contributed by atoms with Crippen molar-refractivity contribution in [1.29, 1.82) is 0 Å². The molecule has 0 aliphatic carbocycles. The molecule has 4 nitrogen and oxygen atoms in total. The van der Waals surface area contributed by atoms with Gasteiger partial charge in [-0.3, -0.25) is 9.47 Å². The number of fused-ring (bicyclic) bond motifs is 1. The fourth-order valence-electron chi connectivity index (χ4n) is 3.66. The van der Waals surface area contributed by atoms with Gasteiger partial charge in [0, 0.05) is 31.9 Å². The number of imidazole rings is 1. The molecular formula is C19H22N4S. The number of rotatable bonds is 3. The lowest BCUT2D eigenvalue weighted by atomic mass is 10.0. The van der Waals surface area contributed by atoms with E-state index in [2.05, 4.69) is 56.7 Å². The van der Waals surface area contributed by atoms with E-state index in [0.29, 0.717) is 6.04 Å². The number of H-pyrrole nitrogens is 1. The predicted octanol–water partition coefficient (Wildman–Crippen LogP) is 4.24. The van der Waals surface area contributed by atoms with Crippen molar-refractivity contribution in [3.8, 4) is 0 Å². The number of hydrogen-bond acceptors (Lipinski definition) is 3. The number of aromatic amines is 1. The Morgan fingerprint density at radius 1 is 1.17 bits per heavy atom. The van der Waals surface area contributed by atoms with E-state index >= 15 is 0 Å². The van der Waals surface area contributed by atoms with Crippen LogP contribution in [0.4, 0.5) is 0 Å². The SMILES string of the molecule is Cc1ccnc2c1[nH]c(=S)n2C1CCN(Cc2ccccc2)CC1. The summed E-state index contributed by atoms with van der Waals surface area (Å²) in [6.45, 7) is 5.33. The lowest BCUT2D eigenvalue weighted by Gasteiger charge is -2.32. The van der Waals surface area contributed by atoms with Crippen LogP contribution in [0.25, 0.3) is 11.2 Å². The van der Waals surface area contributed by atoms with Gasteiger partial charge < -0.3 is 4.98 Å². The standard InChI is InChI=1S/C19H22N4S/c1-14-7-10-20-18-17(14)21-19(24)23(18)16-8-11-22(12-9-16)13-15-5-3-2-4-6-15/h2-7,10,16H,8-9,11-13H2,1H3,(H,21,24). The summed E-state index contributed by atoms with van der Waals surface area (Å²) in [4.78, 5) is 10.5. The number of likely N-dealkylation sites (tertiary alicyclic amines) is 1. The summed E-state index contributed by atoms with van der Waals surface area (Å²) >= 11 is 5.58. The maximum absolute atomic E-state index is 5.58. The Morgan fingerprint density at radius 2 is 1.92 bits per heavy atom. The molecule has 24 heavy (non-hydrogen) atoms. The summed E-state index contributed by atoms with van der Waals surface area (Å²) in [5, 5.41) is 0. The number of aromatic nitrogens is 3. The fraction of sp³-hybridized carbons (Fsp3) is 0.368. The van der Waals surface area contributed by atoms with Crippen molar-refractivity contribution in [2.24, 2.45) is 0 Å². The third-order valence-electron chi connectivity index (χ3n) is 4.99. The Morgan fingerprint density at radius 3 is 2.67 bits per heavy atom. The number of nitrogens with zero attached hydrogens (tertiary/aromatic N) is 3. The molecule has 1 fully saturated rings. The van der Waals surface area contributed by atoms with Crippen LogP contribution in [0.2, 0.25) is 0 Å². The van der Waals surface area contributed by atoms with Crippen LogP contribution in [0.15, 0.2) is 42.6 Å². The zero-order chi connectivity index (χ0) is 16.5. The van der Waals surface area contributed by atoms with E-state index < -0.39 is 0 Å². The first-order valence-electron chi connectivity index (χ1n) is 8.54. The van der Waals surface area contributed by atoms with Crippen molar-refractivity contribution in [2.75, 3.05) is 13.1 Å². The van der Waals surface area contributed by atoms with Gasteiger partial charge in [-0.1, -0.05) is 30.3 Å². The summed E-state index contributed by atoms with van der Waals surface area (Å²) in [7, 11) is 0. The summed E-state index contributed by atoms with van der Waals surface area (Å²) in [5.41, 5.74) is 4.67. The molecule has 0 radical (unpaired) electrons. The Hall–Kier alpha value is -1.98. The molecule has 1 saturated heterocycles. The van der Waals surface area contributed by atoms with Gasteiger partial charge in [0.1, 0.15) is 0 Å². The molecule has 1 aliphatic heterocycles. The van der Waals surface area contributed by atoms with Crippen molar-refractivity contribution >= 4 is 23.4 Å². The Bertz CT molecular complexity index is 889. The molecule has 0 spiro atoms. The average molecular weight is 338 g/mol. The molecule has 3 heterocycles. The molecule has 3 aromatic rings. The van der Waals surface area contributed by atoms with Gasteiger partial charge in [0.15, 0.2) is 10.4 Å². The molecule has 1 N–H and O–H groups in total. The Labute approximate surface area is 147 Å². The highest BCUT2D eigenvalue weighted by Crippen LogP contribution is 2.28. The molecular weight excluding hydrogens is 316 g/mol. The lowest BCUT2D eigenvalue weighted by Crippen LogP contribution is -2.34.